The minimum atomic E-state index is -0.886. The third kappa shape index (κ3) is 10.2. The molecular formula is C38H50N6O5. The Morgan fingerprint density at radius 3 is 1.20 bits per heavy atom. The number of amides is 5. The summed E-state index contributed by atoms with van der Waals surface area (Å²) in [5.74, 6) is -1.81. The Balaban J connectivity index is 1.89. The predicted octanol–water partition coefficient (Wildman–Crippen LogP) is 4.38. The molecule has 6 N–H and O–H groups in total. The minimum absolute atomic E-state index is 0.171. The number of rotatable bonds is 15. The van der Waals surface area contributed by atoms with Crippen molar-refractivity contribution in [3.63, 3.8) is 0 Å². The van der Waals surface area contributed by atoms with Gasteiger partial charge in [0.1, 0.15) is 0 Å². The van der Waals surface area contributed by atoms with Gasteiger partial charge in [-0.2, -0.15) is 0 Å². The maximum absolute atomic E-state index is 13.6. The van der Waals surface area contributed by atoms with Crippen molar-refractivity contribution in [2.75, 3.05) is 26.2 Å². The fourth-order valence-corrected chi connectivity index (χ4v) is 5.29. The molecule has 262 valence electrons. The Bertz CT molecular complexity index is 1660. The molecule has 0 unspecified atom stereocenters. The molecule has 0 fully saturated rings. The minimum Gasteiger partial charge on any atom is -0.352 e. The molecule has 0 bridgehead atoms. The van der Waals surface area contributed by atoms with E-state index in [0.29, 0.717) is 37.3 Å². The number of hydrogen-bond donors (Lipinski definition) is 6. The maximum atomic E-state index is 13.6. The summed E-state index contributed by atoms with van der Waals surface area (Å²) in [7, 11) is 0. The maximum Gasteiger partial charge on any atom is 0.252 e. The van der Waals surface area contributed by atoms with Crippen molar-refractivity contribution in [2.45, 2.75) is 73.0 Å². The Morgan fingerprint density at radius 2 is 0.837 bits per heavy atom. The Kier molecular flexibility index (Phi) is 13.2. The number of hydrogen-bond acceptors (Lipinski definition) is 6. The Morgan fingerprint density at radius 1 is 0.490 bits per heavy atom. The molecular weight excluding hydrogens is 620 g/mol. The van der Waals surface area contributed by atoms with Crippen molar-refractivity contribution < 1.29 is 24.0 Å². The van der Waals surface area contributed by atoms with Gasteiger partial charge in [0.05, 0.1) is 11.1 Å². The van der Waals surface area contributed by atoms with Crippen LogP contribution in [0.5, 0.6) is 0 Å². The smallest absolute Gasteiger partial charge is 0.252 e. The summed E-state index contributed by atoms with van der Waals surface area (Å²) < 4.78 is 0. The molecule has 11 nitrogen and oxygen atoms in total. The van der Waals surface area contributed by atoms with Crippen LogP contribution >= 0.6 is 0 Å². The first-order valence-corrected chi connectivity index (χ1v) is 16.8. The molecule has 3 aromatic carbocycles. The third-order valence-electron chi connectivity index (χ3n) is 7.99. The van der Waals surface area contributed by atoms with Gasteiger partial charge in [-0.1, -0.05) is 31.2 Å². The first kappa shape index (κ1) is 38.4. The van der Waals surface area contributed by atoms with E-state index in [9.17, 15) is 24.0 Å². The number of carbonyl (C=O) groups is 5. The average Bonchev–Trinajstić information content (AvgIpc) is 3.07. The van der Waals surface area contributed by atoms with Gasteiger partial charge in [-0.05, 0) is 108 Å². The van der Waals surface area contributed by atoms with Crippen molar-refractivity contribution >= 4 is 29.5 Å². The topological polar surface area (TPSA) is 158 Å². The molecule has 0 saturated heterocycles. The van der Waals surface area contributed by atoms with Crippen molar-refractivity contribution in [3.8, 4) is 0 Å². The molecule has 0 aromatic heterocycles. The summed E-state index contributed by atoms with van der Waals surface area (Å²) in [5, 5.41) is 17.6. The standard InChI is InChI=1S/C38H50N6O5/c1-9-39-23-24-16-25(32(45)40-10-2)18-26(17-24)35(48)43-37(5,6)30-14-13-15-31(22-30)38(7,8)44-36(49)29-20-27(33(46)41-11-3)19-28(21-29)34(47)42-12-4/h13-22,39H,9-12,23H2,1-8H3,(H,40,45)(H,41,46)(H,42,47)(H,43,48)(H,44,49). The normalized spacial score (nSPS) is 11.3. The zero-order valence-corrected chi connectivity index (χ0v) is 29.9. The van der Waals surface area contributed by atoms with Gasteiger partial charge in [0.25, 0.3) is 29.5 Å². The lowest BCUT2D eigenvalue weighted by molar-refractivity contribution is 0.0903. The second-order valence-corrected chi connectivity index (χ2v) is 12.8. The zero-order valence-electron chi connectivity index (χ0n) is 29.9. The molecule has 49 heavy (non-hydrogen) atoms. The highest BCUT2D eigenvalue weighted by Crippen LogP contribution is 2.28. The molecule has 0 aliphatic rings. The molecule has 0 spiro atoms. The largest absolute Gasteiger partial charge is 0.352 e. The van der Waals surface area contributed by atoms with Gasteiger partial charge in [0.15, 0.2) is 0 Å². The lowest BCUT2D eigenvalue weighted by Crippen LogP contribution is -2.43. The molecule has 0 saturated carbocycles. The van der Waals surface area contributed by atoms with Gasteiger partial charge in [0, 0.05) is 54.0 Å². The van der Waals surface area contributed by atoms with Crippen molar-refractivity contribution in [1.29, 1.82) is 0 Å². The van der Waals surface area contributed by atoms with Crippen LogP contribution in [0.2, 0.25) is 0 Å². The number of nitrogens with one attached hydrogen (secondary N) is 6. The van der Waals surface area contributed by atoms with Gasteiger partial charge < -0.3 is 31.9 Å². The van der Waals surface area contributed by atoms with Crippen molar-refractivity contribution in [2.24, 2.45) is 0 Å². The highest BCUT2D eigenvalue weighted by atomic mass is 16.2. The van der Waals surface area contributed by atoms with E-state index < -0.39 is 17.0 Å². The molecule has 0 heterocycles. The van der Waals surface area contributed by atoms with Crippen LogP contribution < -0.4 is 31.9 Å². The van der Waals surface area contributed by atoms with E-state index in [2.05, 4.69) is 31.9 Å². The first-order chi connectivity index (χ1) is 23.1. The van der Waals surface area contributed by atoms with Crippen LogP contribution in [0.15, 0.2) is 60.7 Å². The lowest BCUT2D eigenvalue weighted by atomic mass is 9.86. The molecule has 0 aliphatic carbocycles. The average molecular weight is 671 g/mol. The van der Waals surface area contributed by atoms with E-state index in [0.717, 1.165) is 23.2 Å². The summed E-state index contributed by atoms with van der Waals surface area (Å²) in [5.41, 5.74) is 2.04. The molecule has 5 amide bonds. The quantitative estimate of drug-likeness (QED) is 0.141. The van der Waals surface area contributed by atoms with Gasteiger partial charge in [-0.15, -0.1) is 0 Å². The van der Waals surface area contributed by atoms with E-state index in [1.165, 1.54) is 18.2 Å². The van der Waals surface area contributed by atoms with Gasteiger partial charge in [0.2, 0.25) is 0 Å². The summed E-state index contributed by atoms with van der Waals surface area (Å²) in [6.45, 7) is 17.4. The molecule has 0 atom stereocenters. The monoisotopic (exact) mass is 670 g/mol. The van der Waals surface area contributed by atoms with Crippen LogP contribution in [0.1, 0.15) is 124 Å². The van der Waals surface area contributed by atoms with E-state index in [1.807, 2.05) is 65.8 Å². The van der Waals surface area contributed by atoms with Crippen LogP contribution in [0.25, 0.3) is 0 Å². The van der Waals surface area contributed by atoms with Crippen molar-refractivity contribution in [1.82, 2.24) is 31.9 Å². The van der Waals surface area contributed by atoms with Crippen LogP contribution in [-0.2, 0) is 17.6 Å². The molecule has 11 heteroatoms. The van der Waals surface area contributed by atoms with Crippen LogP contribution in [0.4, 0.5) is 0 Å². The van der Waals surface area contributed by atoms with E-state index in [-0.39, 0.29) is 40.3 Å². The second-order valence-electron chi connectivity index (χ2n) is 12.8. The van der Waals surface area contributed by atoms with Gasteiger partial charge >= 0.3 is 0 Å². The zero-order chi connectivity index (χ0) is 36.4. The first-order valence-electron chi connectivity index (χ1n) is 16.8. The lowest BCUT2D eigenvalue weighted by Gasteiger charge is -2.31. The summed E-state index contributed by atoms with van der Waals surface area (Å²) in [6, 6.07) is 17.1. The van der Waals surface area contributed by atoms with Crippen LogP contribution in [0, 0.1) is 0 Å². The van der Waals surface area contributed by atoms with Crippen LogP contribution in [0.3, 0.4) is 0 Å². The van der Waals surface area contributed by atoms with E-state index >= 15 is 0 Å². The molecule has 0 radical (unpaired) electrons. The highest BCUT2D eigenvalue weighted by molar-refractivity contribution is 6.05. The van der Waals surface area contributed by atoms with Gasteiger partial charge in [-0.25, -0.2) is 0 Å². The fraction of sp³-hybridized carbons (Fsp3) is 0.395. The number of benzene rings is 3. The second kappa shape index (κ2) is 16.9. The molecule has 3 aromatic rings. The van der Waals surface area contributed by atoms with E-state index in [4.69, 9.17) is 0 Å². The summed E-state index contributed by atoms with van der Waals surface area (Å²) in [4.78, 5) is 65.3. The summed E-state index contributed by atoms with van der Waals surface area (Å²) >= 11 is 0. The predicted molar refractivity (Wildman–Crippen MR) is 192 cm³/mol. The van der Waals surface area contributed by atoms with Crippen molar-refractivity contribution in [3.05, 3.63) is 105 Å². The Hall–Kier alpha value is -5.03. The fourth-order valence-electron chi connectivity index (χ4n) is 5.29. The SMILES string of the molecule is CCNCc1cc(C(=O)NCC)cc(C(=O)NC(C)(C)c2cccc(C(C)(C)NC(=O)c3cc(C(=O)NCC)cc(C(=O)NCC)c3)c2)c1. The summed E-state index contributed by atoms with van der Waals surface area (Å²) in [6.07, 6.45) is 0. The third-order valence-corrected chi connectivity index (χ3v) is 7.99. The van der Waals surface area contributed by atoms with Gasteiger partial charge in [-0.3, -0.25) is 24.0 Å². The Labute approximate surface area is 289 Å². The molecule has 0 aliphatic heterocycles. The highest BCUT2D eigenvalue weighted by Gasteiger charge is 2.29. The molecule has 3 rings (SSSR count). The number of carbonyl (C=O) groups excluding carboxylic acids is 5. The van der Waals surface area contributed by atoms with Crippen LogP contribution in [-0.4, -0.2) is 55.7 Å². The van der Waals surface area contributed by atoms with E-state index in [1.54, 1.807) is 32.0 Å².